The molecule has 0 fully saturated rings. The Hall–Kier alpha value is -2.32. The van der Waals surface area contributed by atoms with Crippen molar-refractivity contribution in [2.75, 3.05) is 24.3 Å². The summed E-state index contributed by atoms with van der Waals surface area (Å²) in [6, 6.07) is 11.8. The predicted molar refractivity (Wildman–Crippen MR) is 114 cm³/mol. The fourth-order valence-corrected chi connectivity index (χ4v) is 4.18. The van der Waals surface area contributed by atoms with E-state index in [9.17, 15) is 4.79 Å². The summed E-state index contributed by atoms with van der Waals surface area (Å²) >= 11 is 3.06. The number of hydrogen-bond donors (Lipinski definition) is 1. The number of thiophene rings is 1. The van der Waals surface area contributed by atoms with E-state index in [1.54, 1.807) is 11.3 Å². The molecule has 2 heterocycles. The Morgan fingerprint density at radius 3 is 2.59 bits per heavy atom. The largest absolute Gasteiger partial charge is 0.378 e. The van der Waals surface area contributed by atoms with E-state index in [1.165, 1.54) is 11.8 Å². The van der Waals surface area contributed by atoms with Gasteiger partial charge in [0, 0.05) is 32.0 Å². The minimum atomic E-state index is -0.288. The van der Waals surface area contributed by atoms with E-state index in [1.807, 2.05) is 72.3 Å². The van der Waals surface area contributed by atoms with Crippen LogP contribution >= 0.6 is 23.1 Å². The van der Waals surface area contributed by atoms with E-state index in [2.05, 4.69) is 22.4 Å². The van der Waals surface area contributed by atoms with E-state index < -0.39 is 0 Å². The normalized spacial score (nSPS) is 12.0. The molecule has 0 saturated carbocycles. The molecule has 1 N–H and O–H groups in total. The summed E-state index contributed by atoms with van der Waals surface area (Å²) < 4.78 is 2.05. The highest BCUT2D eigenvalue weighted by Crippen LogP contribution is 2.29. The van der Waals surface area contributed by atoms with Crippen LogP contribution < -0.4 is 10.2 Å². The second-order valence-electron chi connectivity index (χ2n) is 6.22. The van der Waals surface area contributed by atoms with Gasteiger partial charge in [0.15, 0.2) is 11.0 Å². The molecule has 0 unspecified atom stereocenters. The summed E-state index contributed by atoms with van der Waals surface area (Å²) in [5, 5.41) is 14.1. The Kier molecular flexibility index (Phi) is 6.18. The van der Waals surface area contributed by atoms with Crippen LogP contribution in [0.5, 0.6) is 0 Å². The maximum absolute atomic E-state index is 12.6. The first-order valence-corrected chi connectivity index (χ1v) is 10.5. The molecule has 0 radical (unpaired) electrons. The molecular formula is C19H23N5OS2. The number of rotatable bonds is 7. The van der Waals surface area contributed by atoms with Crippen LogP contribution in [0.2, 0.25) is 0 Å². The number of anilines is 2. The minimum absolute atomic E-state index is 0.0547. The first-order valence-electron chi connectivity index (χ1n) is 8.71. The Bertz CT molecular complexity index is 887. The van der Waals surface area contributed by atoms with Crippen molar-refractivity contribution in [3.8, 4) is 10.7 Å². The monoisotopic (exact) mass is 401 g/mol. The molecule has 142 valence electrons. The molecule has 0 aliphatic carbocycles. The highest BCUT2D eigenvalue weighted by atomic mass is 32.2. The van der Waals surface area contributed by atoms with E-state index in [4.69, 9.17) is 0 Å². The predicted octanol–water partition coefficient (Wildman–Crippen LogP) is 4.21. The molecule has 1 amide bonds. The fourth-order valence-electron chi connectivity index (χ4n) is 2.55. The quantitative estimate of drug-likeness (QED) is 0.601. The number of carbonyl (C=O) groups is 1. The Labute approximate surface area is 167 Å². The van der Waals surface area contributed by atoms with Crippen molar-refractivity contribution in [1.82, 2.24) is 14.8 Å². The summed E-state index contributed by atoms with van der Waals surface area (Å²) in [5.41, 5.74) is 1.88. The van der Waals surface area contributed by atoms with Gasteiger partial charge in [0.05, 0.1) is 10.1 Å². The van der Waals surface area contributed by atoms with Crippen LogP contribution in [0.4, 0.5) is 11.4 Å². The maximum Gasteiger partial charge on any atom is 0.237 e. The van der Waals surface area contributed by atoms with Crippen molar-refractivity contribution in [2.45, 2.75) is 30.8 Å². The van der Waals surface area contributed by atoms with Gasteiger partial charge in [0.1, 0.15) is 0 Å². The molecule has 1 aromatic carbocycles. The van der Waals surface area contributed by atoms with E-state index in [0.717, 1.165) is 33.8 Å². The molecule has 0 saturated heterocycles. The fraction of sp³-hybridized carbons (Fsp3) is 0.316. The van der Waals surface area contributed by atoms with Gasteiger partial charge in [-0.3, -0.25) is 4.79 Å². The molecule has 2 aromatic heterocycles. The number of aromatic nitrogens is 3. The van der Waals surface area contributed by atoms with Gasteiger partial charge >= 0.3 is 0 Å². The number of nitrogens with one attached hydrogen (secondary N) is 1. The molecule has 6 nitrogen and oxygen atoms in total. The van der Waals surface area contributed by atoms with E-state index in [0.29, 0.717) is 0 Å². The third kappa shape index (κ3) is 4.51. The second-order valence-corrected chi connectivity index (χ2v) is 8.47. The second kappa shape index (κ2) is 8.58. The van der Waals surface area contributed by atoms with Gasteiger partial charge in [-0.25, -0.2) is 0 Å². The molecule has 8 heteroatoms. The number of amides is 1. The molecule has 0 aliphatic rings. The molecule has 1 atom stereocenters. The van der Waals surface area contributed by atoms with Gasteiger partial charge in [-0.2, -0.15) is 0 Å². The standard InChI is InChI=1S/C19H23N5OS2/c1-5-24-17(16-7-6-12-26-16)21-22-19(24)27-13(2)18(25)20-14-8-10-15(11-9-14)23(3)4/h6-13H,5H2,1-4H3,(H,20,25)/t13-/m0/s1. The Morgan fingerprint density at radius 2 is 2.00 bits per heavy atom. The lowest BCUT2D eigenvalue weighted by atomic mass is 10.2. The zero-order valence-corrected chi connectivity index (χ0v) is 17.5. The van der Waals surface area contributed by atoms with Gasteiger partial charge in [0.25, 0.3) is 0 Å². The van der Waals surface area contributed by atoms with Crippen molar-refractivity contribution >= 4 is 40.4 Å². The van der Waals surface area contributed by atoms with Crippen LogP contribution in [0.15, 0.2) is 46.9 Å². The first-order chi connectivity index (χ1) is 13.0. The van der Waals surface area contributed by atoms with Crippen LogP contribution in [0.25, 0.3) is 10.7 Å². The van der Waals surface area contributed by atoms with Crippen molar-refractivity contribution in [3.05, 3.63) is 41.8 Å². The SMILES string of the molecule is CCn1c(S[C@@H](C)C(=O)Nc2ccc(N(C)C)cc2)nnc1-c1cccs1. The number of carbonyl (C=O) groups excluding carboxylic acids is 1. The van der Waals surface area contributed by atoms with Crippen molar-refractivity contribution < 1.29 is 4.79 Å². The molecule has 27 heavy (non-hydrogen) atoms. The number of benzene rings is 1. The van der Waals surface area contributed by atoms with Gasteiger partial charge in [0.2, 0.25) is 5.91 Å². The average molecular weight is 402 g/mol. The summed E-state index contributed by atoms with van der Waals surface area (Å²) in [6.45, 7) is 4.69. The van der Waals surface area contributed by atoms with Crippen LogP contribution in [-0.2, 0) is 11.3 Å². The maximum atomic E-state index is 12.6. The summed E-state index contributed by atoms with van der Waals surface area (Å²) in [7, 11) is 3.97. The number of hydrogen-bond acceptors (Lipinski definition) is 6. The first kappa shape index (κ1) is 19.4. The highest BCUT2D eigenvalue weighted by Gasteiger charge is 2.20. The molecule has 0 aliphatic heterocycles. The highest BCUT2D eigenvalue weighted by molar-refractivity contribution is 8.00. The Balaban J connectivity index is 1.68. The van der Waals surface area contributed by atoms with Crippen LogP contribution in [-0.4, -0.2) is 40.0 Å². The molecule has 0 bridgehead atoms. The third-order valence-corrected chi connectivity index (χ3v) is 6.02. The summed E-state index contributed by atoms with van der Waals surface area (Å²) in [5.74, 6) is 0.794. The summed E-state index contributed by atoms with van der Waals surface area (Å²) in [4.78, 5) is 15.7. The average Bonchev–Trinajstić information content (AvgIpc) is 3.31. The van der Waals surface area contributed by atoms with Crippen LogP contribution in [0.1, 0.15) is 13.8 Å². The molecular weight excluding hydrogens is 378 g/mol. The summed E-state index contributed by atoms with van der Waals surface area (Å²) in [6.07, 6.45) is 0. The smallest absolute Gasteiger partial charge is 0.237 e. The van der Waals surface area contributed by atoms with Crippen molar-refractivity contribution in [3.63, 3.8) is 0 Å². The van der Waals surface area contributed by atoms with Gasteiger partial charge in [-0.05, 0) is 49.6 Å². The number of nitrogens with zero attached hydrogens (tertiary/aromatic N) is 4. The van der Waals surface area contributed by atoms with Crippen molar-refractivity contribution in [2.24, 2.45) is 0 Å². The lowest BCUT2D eigenvalue weighted by Crippen LogP contribution is -2.23. The zero-order valence-electron chi connectivity index (χ0n) is 15.8. The topological polar surface area (TPSA) is 63.1 Å². The lowest BCUT2D eigenvalue weighted by molar-refractivity contribution is -0.115. The van der Waals surface area contributed by atoms with E-state index >= 15 is 0 Å². The lowest BCUT2D eigenvalue weighted by Gasteiger charge is -2.15. The zero-order chi connectivity index (χ0) is 19.4. The van der Waals surface area contributed by atoms with Crippen LogP contribution in [0, 0.1) is 0 Å². The molecule has 3 aromatic rings. The minimum Gasteiger partial charge on any atom is -0.378 e. The van der Waals surface area contributed by atoms with Crippen molar-refractivity contribution in [1.29, 1.82) is 0 Å². The van der Waals surface area contributed by atoms with Gasteiger partial charge in [-0.15, -0.1) is 21.5 Å². The van der Waals surface area contributed by atoms with E-state index in [-0.39, 0.29) is 11.2 Å². The van der Waals surface area contributed by atoms with Crippen LogP contribution in [0.3, 0.4) is 0 Å². The van der Waals surface area contributed by atoms with Gasteiger partial charge in [-0.1, -0.05) is 17.8 Å². The van der Waals surface area contributed by atoms with Gasteiger partial charge < -0.3 is 14.8 Å². The molecule has 3 rings (SSSR count). The third-order valence-electron chi connectivity index (χ3n) is 4.08. The molecule has 0 spiro atoms. The number of thioether (sulfide) groups is 1. The Morgan fingerprint density at radius 1 is 1.26 bits per heavy atom.